The van der Waals surface area contributed by atoms with Crippen LogP contribution in [0.5, 0.6) is 0 Å². The van der Waals surface area contributed by atoms with Crippen molar-refractivity contribution < 1.29 is 9.90 Å². The zero-order valence-electron chi connectivity index (χ0n) is 16.0. The Labute approximate surface area is 169 Å². The third-order valence-electron chi connectivity index (χ3n) is 4.84. The number of benzene rings is 3. The highest BCUT2D eigenvalue weighted by molar-refractivity contribution is 5.92. The molecular formula is C23H22N4O2. The first-order chi connectivity index (χ1) is 14.2. The van der Waals surface area contributed by atoms with E-state index in [9.17, 15) is 9.90 Å². The lowest BCUT2D eigenvalue weighted by Crippen LogP contribution is -2.33. The molecule has 0 aliphatic rings. The number of carbonyl (C=O) groups is 1. The van der Waals surface area contributed by atoms with Gasteiger partial charge in [-0.1, -0.05) is 78.0 Å². The number of rotatable bonds is 7. The van der Waals surface area contributed by atoms with Crippen molar-refractivity contribution in [2.75, 3.05) is 13.2 Å². The Morgan fingerprint density at radius 2 is 1.72 bits per heavy atom. The molecule has 0 saturated heterocycles. The summed E-state index contributed by atoms with van der Waals surface area (Å²) < 4.78 is 1.68. The van der Waals surface area contributed by atoms with Crippen LogP contribution in [0, 0.1) is 0 Å². The monoisotopic (exact) mass is 386 g/mol. The lowest BCUT2D eigenvalue weighted by Gasteiger charge is -2.20. The topological polar surface area (TPSA) is 71.2 Å². The van der Waals surface area contributed by atoms with Gasteiger partial charge in [0.05, 0.1) is 19.3 Å². The summed E-state index contributed by atoms with van der Waals surface area (Å²) in [5, 5.41) is 19.9. The second-order valence-electron chi connectivity index (χ2n) is 6.88. The van der Waals surface area contributed by atoms with E-state index in [2.05, 4.69) is 34.6 Å². The molecule has 3 aromatic carbocycles. The van der Waals surface area contributed by atoms with E-state index in [1.807, 2.05) is 48.5 Å². The number of fused-ring (bicyclic) bond motifs is 1. The Hall–Kier alpha value is -3.51. The maximum Gasteiger partial charge on any atom is 0.276 e. The first-order valence-corrected chi connectivity index (χ1v) is 9.55. The summed E-state index contributed by atoms with van der Waals surface area (Å²) in [6.45, 7) is 1.07. The second kappa shape index (κ2) is 8.67. The highest BCUT2D eigenvalue weighted by Crippen LogP contribution is 2.19. The summed E-state index contributed by atoms with van der Waals surface area (Å²) in [4.78, 5) is 14.5. The van der Waals surface area contributed by atoms with Crippen LogP contribution in [-0.4, -0.2) is 44.1 Å². The van der Waals surface area contributed by atoms with E-state index in [1.165, 1.54) is 5.39 Å². The predicted octanol–water partition coefficient (Wildman–Crippen LogP) is 3.11. The average Bonchev–Trinajstić information content (AvgIpc) is 3.22. The molecule has 0 fully saturated rings. The number of amides is 1. The van der Waals surface area contributed by atoms with Gasteiger partial charge in [-0.05, 0) is 21.9 Å². The predicted molar refractivity (Wildman–Crippen MR) is 111 cm³/mol. The molecule has 0 aliphatic carbocycles. The smallest absolute Gasteiger partial charge is 0.276 e. The molecule has 4 rings (SSSR count). The van der Waals surface area contributed by atoms with Crippen molar-refractivity contribution in [1.82, 2.24) is 19.9 Å². The Morgan fingerprint density at radius 1 is 0.966 bits per heavy atom. The highest BCUT2D eigenvalue weighted by Gasteiger charge is 2.19. The van der Waals surface area contributed by atoms with Gasteiger partial charge in [0.25, 0.3) is 5.91 Å². The van der Waals surface area contributed by atoms with E-state index < -0.39 is 0 Å². The fourth-order valence-electron chi connectivity index (χ4n) is 3.42. The van der Waals surface area contributed by atoms with Gasteiger partial charge >= 0.3 is 0 Å². The van der Waals surface area contributed by atoms with Gasteiger partial charge in [0.1, 0.15) is 0 Å². The van der Waals surface area contributed by atoms with Crippen molar-refractivity contribution in [3.63, 3.8) is 0 Å². The quantitative estimate of drug-likeness (QED) is 0.530. The van der Waals surface area contributed by atoms with Crippen LogP contribution in [0.2, 0.25) is 0 Å². The van der Waals surface area contributed by atoms with Gasteiger partial charge in [0, 0.05) is 13.1 Å². The molecule has 0 bridgehead atoms. The van der Waals surface area contributed by atoms with E-state index in [1.54, 1.807) is 15.8 Å². The lowest BCUT2D eigenvalue weighted by molar-refractivity contribution is 0.0702. The Kier molecular flexibility index (Phi) is 5.63. The molecular weight excluding hydrogens is 364 g/mol. The molecule has 0 saturated carbocycles. The Bertz CT molecular complexity index is 1100. The van der Waals surface area contributed by atoms with E-state index in [0.717, 1.165) is 16.5 Å². The average molecular weight is 386 g/mol. The van der Waals surface area contributed by atoms with Crippen molar-refractivity contribution in [1.29, 1.82) is 0 Å². The van der Waals surface area contributed by atoms with Crippen LogP contribution in [0.4, 0.5) is 0 Å². The van der Waals surface area contributed by atoms with E-state index in [-0.39, 0.29) is 24.8 Å². The molecule has 1 N–H and O–H groups in total. The summed E-state index contributed by atoms with van der Waals surface area (Å²) in [6, 6.07) is 24.0. The molecule has 1 heterocycles. The fourth-order valence-corrected chi connectivity index (χ4v) is 3.42. The lowest BCUT2D eigenvalue weighted by atomic mass is 10.0. The van der Waals surface area contributed by atoms with Gasteiger partial charge in [-0.3, -0.25) is 4.79 Å². The zero-order valence-corrected chi connectivity index (χ0v) is 16.0. The van der Waals surface area contributed by atoms with Gasteiger partial charge < -0.3 is 10.0 Å². The number of aromatic nitrogens is 3. The van der Waals surface area contributed by atoms with Crippen LogP contribution >= 0.6 is 0 Å². The van der Waals surface area contributed by atoms with Crippen molar-refractivity contribution in [3.05, 3.63) is 95.8 Å². The first kappa shape index (κ1) is 18.8. The van der Waals surface area contributed by atoms with E-state index >= 15 is 0 Å². The molecule has 0 spiro atoms. The van der Waals surface area contributed by atoms with Gasteiger partial charge in [-0.25, -0.2) is 4.68 Å². The van der Waals surface area contributed by atoms with Crippen molar-refractivity contribution in [3.8, 4) is 0 Å². The summed E-state index contributed by atoms with van der Waals surface area (Å²) in [5.74, 6) is -0.243. The molecule has 6 heteroatoms. The third kappa shape index (κ3) is 4.33. The zero-order chi connectivity index (χ0) is 20.1. The van der Waals surface area contributed by atoms with E-state index in [0.29, 0.717) is 13.1 Å². The molecule has 29 heavy (non-hydrogen) atoms. The molecule has 4 aromatic rings. The van der Waals surface area contributed by atoms with Gasteiger partial charge in [-0.2, -0.15) is 0 Å². The molecule has 1 aromatic heterocycles. The van der Waals surface area contributed by atoms with Crippen LogP contribution in [0.15, 0.2) is 79.0 Å². The van der Waals surface area contributed by atoms with Crippen LogP contribution in [-0.2, 0) is 13.1 Å². The maximum atomic E-state index is 12.9. The number of hydrogen-bond donors (Lipinski definition) is 1. The summed E-state index contributed by atoms with van der Waals surface area (Å²) in [7, 11) is 0. The molecule has 6 nitrogen and oxygen atoms in total. The number of aliphatic hydroxyl groups excluding tert-OH is 1. The standard InChI is InChI=1S/C23H22N4O2/c28-14-13-26(15-18-7-2-1-3-8-18)23(29)22-17-27(25-24-22)16-20-11-6-10-19-9-4-5-12-21(19)20/h1-12,17,28H,13-16H2. The summed E-state index contributed by atoms with van der Waals surface area (Å²) in [6.07, 6.45) is 1.67. The second-order valence-corrected chi connectivity index (χ2v) is 6.88. The number of aliphatic hydroxyl groups is 1. The minimum atomic E-state index is -0.243. The minimum Gasteiger partial charge on any atom is -0.395 e. The van der Waals surface area contributed by atoms with Crippen molar-refractivity contribution >= 4 is 16.7 Å². The molecule has 146 valence electrons. The number of hydrogen-bond acceptors (Lipinski definition) is 4. The van der Waals surface area contributed by atoms with Gasteiger partial charge in [0.15, 0.2) is 5.69 Å². The van der Waals surface area contributed by atoms with Crippen LogP contribution in [0.25, 0.3) is 10.8 Å². The molecule has 1 amide bonds. The van der Waals surface area contributed by atoms with E-state index in [4.69, 9.17) is 0 Å². The third-order valence-corrected chi connectivity index (χ3v) is 4.84. The largest absolute Gasteiger partial charge is 0.395 e. The molecule has 0 unspecified atom stereocenters. The first-order valence-electron chi connectivity index (χ1n) is 9.55. The number of carbonyl (C=O) groups excluding carboxylic acids is 1. The Balaban J connectivity index is 1.53. The molecule has 0 aliphatic heterocycles. The minimum absolute atomic E-state index is 0.108. The summed E-state index contributed by atoms with van der Waals surface area (Å²) in [5.41, 5.74) is 2.38. The van der Waals surface area contributed by atoms with Crippen molar-refractivity contribution in [2.24, 2.45) is 0 Å². The van der Waals surface area contributed by atoms with Gasteiger partial charge in [-0.15, -0.1) is 5.10 Å². The maximum absolute atomic E-state index is 12.9. The molecule has 0 atom stereocenters. The SMILES string of the molecule is O=C(c1cn(Cc2cccc3ccccc23)nn1)N(CCO)Cc1ccccc1. The molecule has 0 radical (unpaired) electrons. The van der Waals surface area contributed by atoms with Crippen molar-refractivity contribution in [2.45, 2.75) is 13.1 Å². The van der Waals surface area contributed by atoms with Crippen LogP contribution < -0.4 is 0 Å². The number of nitrogens with zero attached hydrogens (tertiary/aromatic N) is 4. The Morgan fingerprint density at radius 3 is 2.55 bits per heavy atom. The van der Waals surface area contributed by atoms with Gasteiger partial charge in [0.2, 0.25) is 0 Å². The normalized spacial score (nSPS) is 10.9. The summed E-state index contributed by atoms with van der Waals surface area (Å²) >= 11 is 0. The fraction of sp³-hybridized carbons (Fsp3) is 0.174. The van der Waals surface area contributed by atoms with Crippen LogP contribution in [0.3, 0.4) is 0 Å². The highest BCUT2D eigenvalue weighted by atomic mass is 16.3. The van der Waals surface area contributed by atoms with Crippen LogP contribution in [0.1, 0.15) is 21.6 Å².